The van der Waals surface area contributed by atoms with Crippen molar-refractivity contribution < 1.29 is 9.18 Å². The summed E-state index contributed by atoms with van der Waals surface area (Å²) in [5.74, 6) is -1.04. The maximum atomic E-state index is 14.7. The molecule has 6 heteroatoms. The molecule has 0 saturated carbocycles. The van der Waals surface area contributed by atoms with Crippen molar-refractivity contribution in [2.24, 2.45) is 0 Å². The van der Waals surface area contributed by atoms with E-state index in [0.717, 1.165) is 5.56 Å². The Kier molecular flexibility index (Phi) is 5.81. The van der Waals surface area contributed by atoms with Gasteiger partial charge >= 0.3 is 0 Å². The standard InChI is InChI=1S/C24H21ClFN3O/c1-16(17-7-3-2-4-8-17)28-24(30)13-20(19-9-5-6-10-21(19)26)22-14-27-23-12-11-18(25)15-29(22)23/h2-12,14-16,20H,13H2,1H3,(H,28,30). The van der Waals surface area contributed by atoms with Gasteiger partial charge in [-0.25, -0.2) is 9.37 Å². The van der Waals surface area contributed by atoms with Gasteiger partial charge in [-0.05, 0) is 36.2 Å². The highest BCUT2D eigenvalue weighted by molar-refractivity contribution is 6.30. The molecule has 0 spiro atoms. The second kappa shape index (κ2) is 8.67. The maximum absolute atomic E-state index is 14.7. The molecule has 0 aliphatic rings. The number of carbonyl (C=O) groups excluding carboxylic acids is 1. The lowest BCUT2D eigenvalue weighted by Crippen LogP contribution is -2.28. The Morgan fingerprint density at radius 2 is 1.83 bits per heavy atom. The number of nitrogens with zero attached hydrogens (tertiary/aromatic N) is 2. The van der Waals surface area contributed by atoms with Crippen LogP contribution in [0.25, 0.3) is 5.65 Å². The Labute approximate surface area is 179 Å². The van der Waals surface area contributed by atoms with Gasteiger partial charge in [0.1, 0.15) is 11.5 Å². The van der Waals surface area contributed by atoms with Crippen LogP contribution in [-0.2, 0) is 4.79 Å². The second-order valence-corrected chi connectivity index (χ2v) is 7.67. The van der Waals surface area contributed by atoms with E-state index in [1.54, 1.807) is 42.7 Å². The zero-order valence-electron chi connectivity index (χ0n) is 16.4. The van der Waals surface area contributed by atoms with Crippen LogP contribution in [0.4, 0.5) is 4.39 Å². The molecule has 0 saturated heterocycles. The fourth-order valence-corrected chi connectivity index (χ4v) is 3.83. The van der Waals surface area contributed by atoms with E-state index >= 15 is 0 Å². The third kappa shape index (κ3) is 4.21. The molecule has 2 unspecified atom stereocenters. The first-order valence-corrected chi connectivity index (χ1v) is 10.1. The minimum atomic E-state index is -0.511. The molecule has 1 amide bonds. The minimum Gasteiger partial charge on any atom is -0.350 e. The van der Waals surface area contributed by atoms with Crippen molar-refractivity contribution >= 4 is 23.2 Å². The third-order valence-corrected chi connectivity index (χ3v) is 5.43. The minimum absolute atomic E-state index is 0.0818. The van der Waals surface area contributed by atoms with Crippen LogP contribution >= 0.6 is 11.6 Å². The largest absolute Gasteiger partial charge is 0.350 e. The Balaban J connectivity index is 1.67. The third-order valence-electron chi connectivity index (χ3n) is 5.20. The molecule has 0 aliphatic carbocycles. The normalized spacial score (nSPS) is 13.2. The number of amides is 1. The number of hydrogen-bond donors (Lipinski definition) is 1. The van der Waals surface area contributed by atoms with Crippen LogP contribution in [0.2, 0.25) is 5.02 Å². The van der Waals surface area contributed by atoms with Gasteiger partial charge in [0.05, 0.1) is 16.8 Å². The smallest absolute Gasteiger partial charge is 0.221 e. The molecule has 0 aliphatic heterocycles. The summed E-state index contributed by atoms with van der Waals surface area (Å²) in [6, 6.07) is 19.6. The molecular formula is C24H21ClFN3O. The van der Waals surface area contributed by atoms with Crippen LogP contribution in [0.5, 0.6) is 0 Å². The summed E-state index contributed by atoms with van der Waals surface area (Å²) in [7, 11) is 0. The van der Waals surface area contributed by atoms with Gasteiger partial charge in [0, 0.05) is 24.7 Å². The first kappa shape index (κ1) is 20.1. The summed E-state index contributed by atoms with van der Waals surface area (Å²) in [4.78, 5) is 17.3. The molecule has 4 rings (SSSR count). The van der Waals surface area contributed by atoms with Crippen LogP contribution in [0.1, 0.15) is 42.1 Å². The molecule has 30 heavy (non-hydrogen) atoms. The molecule has 2 heterocycles. The predicted octanol–water partition coefficient (Wildman–Crippen LogP) is 5.53. The maximum Gasteiger partial charge on any atom is 0.221 e. The van der Waals surface area contributed by atoms with Crippen LogP contribution in [-0.4, -0.2) is 15.3 Å². The number of benzene rings is 2. The van der Waals surface area contributed by atoms with Gasteiger partial charge in [-0.2, -0.15) is 0 Å². The molecule has 2 atom stereocenters. The molecule has 152 valence electrons. The summed E-state index contributed by atoms with van der Waals surface area (Å²) in [6.45, 7) is 1.93. The first-order chi connectivity index (χ1) is 14.5. The molecule has 0 bridgehead atoms. The topological polar surface area (TPSA) is 46.4 Å². The molecule has 2 aromatic heterocycles. The molecule has 0 fully saturated rings. The van der Waals surface area contributed by atoms with Gasteiger partial charge in [-0.3, -0.25) is 4.79 Å². The SMILES string of the molecule is CC(NC(=O)CC(c1ccccc1F)c1cnc2ccc(Cl)cn12)c1ccccc1. The molecule has 4 aromatic rings. The lowest BCUT2D eigenvalue weighted by Gasteiger charge is -2.20. The van der Waals surface area contributed by atoms with E-state index < -0.39 is 5.92 Å². The monoisotopic (exact) mass is 421 g/mol. The van der Waals surface area contributed by atoms with Crippen LogP contribution in [0.3, 0.4) is 0 Å². The van der Waals surface area contributed by atoms with Gasteiger partial charge in [0.25, 0.3) is 0 Å². The van der Waals surface area contributed by atoms with Crippen LogP contribution in [0.15, 0.2) is 79.1 Å². The van der Waals surface area contributed by atoms with Gasteiger partial charge in [-0.1, -0.05) is 60.1 Å². The van der Waals surface area contributed by atoms with Crippen molar-refractivity contribution in [2.75, 3.05) is 0 Å². The van der Waals surface area contributed by atoms with Gasteiger partial charge in [-0.15, -0.1) is 0 Å². The van der Waals surface area contributed by atoms with E-state index in [1.165, 1.54) is 6.07 Å². The van der Waals surface area contributed by atoms with E-state index in [-0.39, 0.29) is 24.2 Å². The highest BCUT2D eigenvalue weighted by Gasteiger charge is 2.25. The predicted molar refractivity (Wildman–Crippen MR) is 116 cm³/mol. The average Bonchev–Trinajstić information content (AvgIpc) is 3.16. The lowest BCUT2D eigenvalue weighted by atomic mass is 9.91. The van der Waals surface area contributed by atoms with Crippen LogP contribution in [0, 0.1) is 5.82 Å². The Bertz CT molecular complexity index is 1180. The molecule has 4 nitrogen and oxygen atoms in total. The van der Waals surface area contributed by atoms with Gasteiger partial charge < -0.3 is 9.72 Å². The lowest BCUT2D eigenvalue weighted by molar-refractivity contribution is -0.122. The summed E-state index contributed by atoms with van der Waals surface area (Å²) in [5, 5.41) is 3.56. The fourth-order valence-electron chi connectivity index (χ4n) is 3.67. The van der Waals surface area contributed by atoms with Gasteiger partial charge in [0.2, 0.25) is 5.91 Å². The summed E-state index contributed by atoms with van der Waals surface area (Å²) in [5.41, 5.74) is 2.85. The first-order valence-electron chi connectivity index (χ1n) is 9.74. The highest BCUT2D eigenvalue weighted by Crippen LogP contribution is 2.31. The molecular weight excluding hydrogens is 401 g/mol. The zero-order valence-corrected chi connectivity index (χ0v) is 17.2. The van der Waals surface area contributed by atoms with E-state index in [9.17, 15) is 9.18 Å². The number of halogens is 2. The van der Waals surface area contributed by atoms with E-state index in [4.69, 9.17) is 11.6 Å². The molecule has 1 N–H and O–H groups in total. The Morgan fingerprint density at radius 3 is 2.60 bits per heavy atom. The quantitative estimate of drug-likeness (QED) is 0.445. The van der Waals surface area contributed by atoms with Crippen molar-refractivity contribution in [3.05, 3.63) is 107 Å². The zero-order chi connectivity index (χ0) is 21.1. The summed E-state index contributed by atoms with van der Waals surface area (Å²) >= 11 is 6.17. The number of nitrogens with one attached hydrogen (secondary N) is 1. The number of aromatic nitrogens is 2. The van der Waals surface area contributed by atoms with Crippen molar-refractivity contribution in [3.63, 3.8) is 0 Å². The van der Waals surface area contributed by atoms with E-state index in [0.29, 0.717) is 21.9 Å². The fraction of sp³-hybridized carbons (Fsp3) is 0.167. The number of rotatable bonds is 6. The van der Waals surface area contributed by atoms with Crippen molar-refractivity contribution in [1.82, 2.24) is 14.7 Å². The average molecular weight is 422 g/mol. The Morgan fingerprint density at radius 1 is 1.10 bits per heavy atom. The highest BCUT2D eigenvalue weighted by atomic mass is 35.5. The van der Waals surface area contributed by atoms with E-state index in [1.807, 2.05) is 41.7 Å². The number of fused-ring (bicyclic) bond motifs is 1. The van der Waals surface area contributed by atoms with Crippen LogP contribution < -0.4 is 5.32 Å². The number of carbonyl (C=O) groups is 1. The van der Waals surface area contributed by atoms with Gasteiger partial charge in [0.15, 0.2) is 0 Å². The number of hydrogen-bond acceptors (Lipinski definition) is 2. The Hall–Kier alpha value is -3.18. The van der Waals surface area contributed by atoms with Crippen molar-refractivity contribution in [1.29, 1.82) is 0 Å². The summed E-state index contributed by atoms with van der Waals surface area (Å²) in [6.07, 6.45) is 3.49. The molecule has 2 aromatic carbocycles. The van der Waals surface area contributed by atoms with E-state index in [2.05, 4.69) is 10.3 Å². The number of pyridine rings is 1. The molecule has 0 radical (unpaired) electrons. The second-order valence-electron chi connectivity index (χ2n) is 7.24. The van der Waals surface area contributed by atoms with Crippen molar-refractivity contribution in [2.45, 2.75) is 25.3 Å². The summed E-state index contributed by atoms with van der Waals surface area (Å²) < 4.78 is 16.5. The number of imidazole rings is 1. The van der Waals surface area contributed by atoms with Crippen molar-refractivity contribution in [3.8, 4) is 0 Å².